The first-order chi connectivity index (χ1) is 18.2. The number of carbonyl (C=O) groups is 2. The molecule has 202 valence electrons. The number of aromatic nitrogens is 1. The highest BCUT2D eigenvalue weighted by Crippen LogP contribution is 2.27. The number of halogens is 3. The molecule has 38 heavy (non-hydrogen) atoms. The molecule has 1 unspecified atom stereocenters. The Balaban J connectivity index is 1.64. The van der Waals surface area contributed by atoms with Crippen LogP contribution in [0.15, 0.2) is 66.9 Å². The number of esters is 2. The second kappa shape index (κ2) is 13.7. The fraction of sp³-hybridized carbons (Fsp3) is 0.367. The monoisotopic (exact) mass is 527 g/mol. The Hall–Kier alpha value is -3.68. The van der Waals surface area contributed by atoms with Crippen molar-refractivity contribution in [3.63, 3.8) is 0 Å². The number of carbonyl (C=O) groups excluding carboxylic acids is 2. The number of aryl methyl sites for hydroxylation is 1. The van der Waals surface area contributed by atoms with E-state index in [1.165, 1.54) is 43.4 Å². The molecule has 0 bridgehead atoms. The smallest absolute Gasteiger partial charge is 0.436 e. The normalized spacial score (nSPS) is 12.1. The van der Waals surface area contributed by atoms with E-state index in [-0.39, 0.29) is 12.2 Å². The second-order valence-corrected chi connectivity index (χ2v) is 9.01. The highest BCUT2D eigenvalue weighted by atomic mass is 19.4. The van der Waals surface area contributed by atoms with Crippen LogP contribution in [-0.4, -0.2) is 35.8 Å². The molecule has 0 aliphatic carbocycles. The average molecular weight is 528 g/mol. The summed E-state index contributed by atoms with van der Waals surface area (Å²) in [5.74, 6) is -2.91. The molecule has 0 amide bonds. The second-order valence-electron chi connectivity index (χ2n) is 9.01. The van der Waals surface area contributed by atoms with E-state index in [2.05, 4.69) is 45.6 Å². The number of hydrogen-bond acceptors (Lipinski definition) is 5. The van der Waals surface area contributed by atoms with E-state index >= 15 is 0 Å². The molecule has 0 aliphatic heterocycles. The molecule has 0 saturated carbocycles. The molecule has 5 nitrogen and oxygen atoms in total. The Kier molecular flexibility index (Phi) is 10.4. The van der Waals surface area contributed by atoms with Gasteiger partial charge in [0.1, 0.15) is 0 Å². The van der Waals surface area contributed by atoms with Gasteiger partial charge < -0.3 is 9.47 Å². The topological polar surface area (TPSA) is 65.5 Å². The van der Waals surface area contributed by atoms with E-state index in [1.807, 2.05) is 12.1 Å². The summed E-state index contributed by atoms with van der Waals surface area (Å²) in [5, 5.41) is 0. The molecule has 1 atom stereocenters. The molecule has 0 saturated heterocycles. The van der Waals surface area contributed by atoms with Crippen molar-refractivity contribution < 1.29 is 32.2 Å². The summed E-state index contributed by atoms with van der Waals surface area (Å²) in [4.78, 5) is 28.6. The predicted molar refractivity (Wildman–Crippen MR) is 139 cm³/mol. The number of rotatable bonds is 12. The maximum atomic E-state index is 13.2. The van der Waals surface area contributed by atoms with Crippen LogP contribution < -0.4 is 0 Å². The third kappa shape index (κ3) is 8.16. The summed E-state index contributed by atoms with van der Waals surface area (Å²) in [6.45, 7) is 3.64. The van der Waals surface area contributed by atoms with Crippen molar-refractivity contribution in [2.24, 2.45) is 0 Å². The number of nitrogens with zero attached hydrogens (tertiary/aromatic N) is 1. The van der Waals surface area contributed by atoms with E-state index in [9.17, 15) is 22.8 Å². The van der Waals surface area contributed by atoms with Crippen LogP contribution in [0.1, 0.15) is 61.9 Å². The van der Waals surface area contributed by atoms with Crippen molar-refractivity contribution >= 4 is 11.9 Å². The molecule has 2 aromatic carbocycles. The van der Waals surface area contributed by atoms with Crippen molar-refractivity contribution in [2.45, 2.75) is 64.7 Å². The highest BCUT2D eigenvalue weighted by molar-refractivity contribution is 5.92. The lowest BCUT2D eigenvalue weighted by Crippen LogP contribution is -2.42. The molecular weight excluding hydrogens is 495 g/mol. The van der Waals surface area contributed by atoms with E-state index in [4.69, 9.17) is 0 Å². The summed E-state index contributed by atoms with van der Waals surface area (Å²) in [6, 6.07) is 18.0. The van der Waals surface area contributed by atoms with Gasteiger partial charge in [0.25, 0.3) is 6.10 Å². The van der Waals surface area contributed by atoms with Gasteiger partial charge in [-0.05, 0) is 48.6 Å². The fourth-order valence-electron chi connectivity index (χ4n) is 3.83. The van der Waals surface area contributed by atoms with Crippen LogP contribution in [0.3, 0.4) is 0 Å². The van der Waals surface area contributed by atoms with Crippen molar-refractivity contribution in [1.29, 1.82) is 0 Å². The minimum atomic E-state index is -5.08. The van der Waals surface area contributed by atoms with Crippen LogP contribution in [-0.2, 0) is 20.7 Å². The van der Waals surface area contributed by atoms with Crippen LogP contribution in [0.5, 0.6) is 0 Å². The molecule has 0 spiro atoms. The zero-order valence-corrected chi connectivity index (χ0v) is 21.6. The molecule has 0 aliphatic rings. The predicted octanol–water partition coefficient (Wildman–Crippen LogP) is 7.58. The number of benzene rings is 2. The largest absolute Gasteiger partial charge is 0.463 e. The van der Waals surface area contributed by atoms with E-state index < -0.39 is 24.2 Å². The lowest BCUT2D eigenvalue weighted by atomic mass is 10.0. The zero-order chi connectivity index (χ0) is 27.5. The maximum absolute atomic E-state index is 13.2. The van der Waals surface area contributed by atoms with E-state index in [1.54, 1.807) is 25.3 Å². The van der Waals surface area contributed by atoms with Gasteiger partial charge in [-0.25, -0.2) is 9.59 Å². The summed E-state index contributed by atoms with van der Waals surface area (Å²) in [6.07, 6.45) is -0.0491. The summed E-state index contributed by atoms with van der Waals surface area (Å²) >= 11 is 0. The van der Waals surface area contributed by atoms with Crippen LogP contribution in [0, 0.1) is 0 Å². The van der Waals surface area contributed by atoms with Gasteiger partial charge in [-0.3, -0.25) is 4.98 Å². The van der Waals surface area contributed by atoms with Crippen molar-refractivity contribution in [3.05, 3.63) is 78.0 Å². The third-order valence-corrected chi connectivity index (χ3v) is 5.97. The minimum absolute atomic E-state index is 0.120. The van der Waals surface area contributed by atoms with Crippen molar-refractivity contribution in [1.82, 2.24) is 4.98 Å². The molecular formula is C30H32F3NO4. The van der Waals surface area contributed by atoms with E-state index in [0.29, 0.717) is 6.42 Å². The Bertz CT molecular complexity index is 1170. The molecule has 8 heteroatoms. The quantitative estimate of drug-likeness (QED) is 0.179. The lowest BCUT2D eigenvalue weighted by molar-refractivity contribution is -0.218. The van der Waals surface area contributed by atoms with Crippen molar-refractivity contribution in [2.75, 3.05) is 6.61 Å². The Morgan fingerprint density at radius 2 is 1.47 bits per heavy atom. The summed E-state index contributed by atoms with van der Waals surface area (Å²) in [5.41, 5.74) is 4.50. The Morgan fingerprint density at radius 3 is 2.05 bits per heavy atom. The summed E-state index contributed by atoms with van der Waals surface area (Å²) in [7, 11) is 0. The highest BCUT2D eigenvalue weighted by Gasteiger charge is 2.49. The first kappa shape index (κ1) is 28.9. The molecule has 1 heterocycles. The number of ether oxygens (including phenoxy) is 2. The lowest BCUT2D eigenvalue weighted by Gasteiger charge is -2.19. The van der Waals surface area contributed by atoms with Crippen LogP contribution in [0.2, 0.25) is 0 Å². The summed E-state index contributed by atoms with van der Waals surface area (Å²) < 4.78 is 48.7. The zero-order valence-electron chi connectivity index (χ0n) is 21.6. The van der Waals surface area contributed by atoms with Crippen molar-refractivity contribution in [3.8, 4) is 22.4 Å². The molecule has 3 rings (SSSR count). The van der Waals surface area contributed by atoms with Crippen LogP contribution in [0.25, 0.3) is 22.4 Å². The van der Waals surface area contributed by atoms with Gasteiger partial charge in [-0.1, -0.05) is 75.6 Å². The number of alkyl halides is 3. The number of unbranched alkanes of at least 4 members (excludes halogenated alkanes) is 3. The molecule has 0 fully saturated rings. The molecule has 1 aromatic heterocycles. The minimum Gasteiger partial charge on any atom is -0.463 e. The SMILES string of the molecule is CCCCCCc1ccc(-c2ccc(-c3ccc(C(=O)OC(C(=O)OCCC)C(F)(F)F)cc3)cn2)cc1. The van der Waals surface area contributed by atoms with Gasteiger partial charge in [-0.15, -0.1) is 0 Å². The molecule has 3 aromatic rings. The Morgan fingerprint density at radius 1 is 0.816 bits per heavy atom. The third-order valence-electron chi connectivity index (χ3n) is 5.97. The van der Waals surface area contributed by atoms with Crippen LogP contribution in [0.4, 0.5) is 13.2 Å². The van der Waals surface area contributed by atoms with Gasteiger partial charge in [0.05, 0.1) is 17.9 Å². The van der Waals surface area contributed by atoms with Gasteiger partial charge in [-0.2, -0.15) is 13.2 Å². The van der Waals surface area contributed by atoms with E-state index in [0.717, 1.165) is 28.8 Å². The van der Waals surface area contributed by atoms with Gasteiger partial charge >= 0.3 is 18.1 Å². The van der Waals surface area contributed by atoms with Gasteiger partial charge in [0.15, 0.2) is 0 Å². The first-order valence-corrected chi connectivity index (χ1v) is 12.8. The fourth-order valence-corrected chi connectivity index (χ4v) is 3.83. The maximum Gasteiger partial charge on any atom is 0.436 e. The number of pyridine rings is 1. The molecule has 0 radical (unpaired) electrons. The average Bonchev–Trinajstić information content (AvgIpc) is 2.92. The molecule has 0 N–H and O–H groups in total. The first-order valence-electron chi connectivity index (χ1n) is 12.8. The van der Waals surface area contributed by atoms with Gasteiger partial charge in [0.2, 0.25) is 0 Å². The standard InChI is InChI=1S/C30H32F3NO4/c1-3-5-6-7-8-21-9-11-23(12-10-21)26-18-17-25(20-34-26)22-13-15-24(16-14-22)28(35)38-27(30(31,32)33)29(36)37-19-4-2/h9-18,20,27H,3-8,19H2,1-2H3. The Labute approximate surface area is 221 Å². The van der Waals surface area contributed by atoms with Gasteiger partial charge in [0, 0.05) is 17.3 Å². The number of hydrogen-bond donors (Lipinski definition) is 0. The van der Waals surface area contributed by atoms with Crippen LogP contribution >= 0.6 is 0 Å².